The Kier molecular flexibility index (Phi) is 4.03. The molecule has 0 spiro atoms. The second-order valence-corrected chi connectivity index (χ2v) is 6.12. The number of carbonyl (C=O) groups is 2. The number of amides is 1. The standard InChI is InChI=1S/C13H16F3N3O4/c1-12(2,3)23-11(22)18-5-4-8(13(14,15)16)19-9(18)6-7(17-19)10(20)21/h6,8H,4-5H2,1-3H3,(H,20,21). The summed E-state index contributed by atoms with van der Waals surface area (Å²) in [5.41, 5.74) is -1.40. The Balaban J connectivity index is 2.43. The summed E-state index contributed by atoms with van der Waals surface area (Å²) in [6.07, 6.45) is -5.89. The van der Waals surface area contributed by atoms with Gasteiger partial charge in [-0.3, -0.25) is 4.90 Å². The number of nitrogens with zero attached hydrogens (tertiary/aromatic N) is 3. The molecule has 0 fully saturated rings. The number of hydrogen-bond donors (Lipinski definition) is 1. The van der Waals surface area contributed by atoms with Crippen LogP contribution in [0.2, 0.25) is 0 Å². The van der Waals surface area contributed by atoms with Crippen molar-refractivity contribution in [2.24, 2.45) is 0 Å². The molecule has 128 valence electrons. The van der Waals surface area contributed by atoms with E-state index in [4.69, 9.17) is 9.84 Å². The summed E-state index contributed by atoms with van der Waals surface area (Å²) in [6, 6.07) is -1.05. The van der Waals surface area contributed by atoms with E-state index in [9.17, 15) is 22.8 Å². The van der Waals surface area contributed by atoms with E-state index in [0.717, 1.165) is 11.0 Å². The smallest absolute Gasteiger partial charge is 0.415 e. The molecule has 10 heteroatoms. The van der Waals surface area contributed by atoms with Crippen molar-refractivity contribution in [2.45, 2.75) is 45.0 Å². The number of anilines is 1. The Bertz CT molecular complexity index is 633. The average Bonchev–Trinajstić information content (AvgIpc) is 2.78. The summed E-state index contributed by atoms with van der Waals surface area (Å²) in [4.78, 5) is 24.1. The molecule has 1 unspecified atom stereocenters. The molecule has 1 aliphatic heterocycles. The average molecular weight is 335 g/mol. The van der Waals surface area contributed by atoms with Crippen molar-refractivity contribution < 1.29 is 32.6 Å². The maximum atomic E-state index is 13.1. The minimum Gasteiger partial charge on any atom is -0.476 e. The first kappa shape index (κ1) is 17.1. The van der Waals surface area contributed by atoms with Crippen LogP contribution in [0.1, 0.15) is 43.7 Å². The van der Waals surface area contributed by atoms with E-state index in [0.29, 0.717) is 4.68 Å². The molecule has 2 heterocycles. The van der Waals surface area contributed by atoms with Gasteiger partial charge in [0.25, 0.3) is 0 Å². The molecule has 1 amide bonds. The molecule has 1 aliphatic rings. The molecule has 0 bridgehead atoms. The summed E-state index contributed by atoms with van der Waals surface area (Å²) in [5.74, 6) is -1.72. The number of carboxylic acids is 1. The van der Waals surface area contributed by atoms with Crippen LogP contribution in [0.5, 0.6) is 0 Å². The highest BCUT2D eigenvalue weighted by Gasteiger charge is 2.47. The fraction of sp³-hybridized carbons (Fsp3) is 0.615. The van der Waals surface area contributed by atoms with Gasteiger partial charge in [0.2, 0.25) is 0 Å². The summed E-state index contributed by atoms with van der Waals surface area (Å²) in [6.45, 7) is 4.61. The third kappa shape index (κ3) is 3.57. The maximum absolute atomic E-state index is 13.1. The van der Waals surface area contributed by atoms with Gasteiger partial charge in [0.1, 0.15) is 11.4 Å². The van der Waals surface area contributed by atoms with Crippen molar-refractivity contribution in [3.05, 3.63) is 11.8 Å². The van der Waals surface area contributed by atoms with Gasteiger partial charge in [-0.05, 0) is 27.2 Å². The van der Waals surface area contributed by atoms with Gasteiger partial charge < -0.3 is 9.84 Å². The van der Waals surface area contributed by atoms with Crippen LogP contribution in [0.3, 0.4) is 0 Å². The predicted octanol–water partition coefficient (Wildman–Crippen LogP) is 2.83. The van der Waals surface area contributed by atoms with E-state index in [1.807, 2.05) is 0 Å². The molecule has 1 aromatic rings. The van der Waals surface area contributed by atoms with Crippen molar-refractivity contribution in [3.8, 4) is 0 Å². The monoisotopic (exact) mass is 335 g/mol. The van der Waals surface area contributed by atoms with Crippen LogP contribution in [0.4, 0.5) is 23.8 Å². The second-order valence-electron chi connectivity index (χ2n) is 6.12. The van der Waals surface area contributed by atoms with Crippen molar-refractivity contribution >= 4 is 17.9 Å². The summed E-state index contributed by atoms with van der Waals surface area (Å²) in [5, 5.41) is 12.4. The number of halogens is 3. The molecule has 0 aliphatic carbocycles. The van der Waals surface area contributed by atoms with E-state index in [1.54, 1.807) is 20.8 Å². The van der Waals surface area contributed by atoms with E-state index >= 15 is 0 Å². The lowest BCUT2D eigenvalue weighted by Gasteiger charge is -2.34. The van der Waals surface area contributed by atoms with Crippen LogP contribution in [-0.2, 0) is 4.74 Å². The number of alkyl halides is 3. The van der Waals surface area contributed by atoms with Crippen LogP contribution >= 0.6 is 0 Å². The molecule has 0 aromatic carbocycles. The lowest BCUT2D eigenvalue weighted by atomic mass is 10.1. The van der Waals surface area contributed by atoms with Gasteiger partial charge in [-0.1, -0.05) is 0 Å². The van der Waals surface area contributed by atoms with Gasteiger partial charge in [-0.15, -0.1) is 0 Å². The maximum Gasteiger partial charge on any atom is 0.415 e. The van der Waals surface area contributed by atoms with E-state index in [1.165, 1.54) is 0 Å². The van der Waals surface area contributed by atoms with Crippen LogP contribution in [-0.4, -0.2) is 45.3 Å². The highest BCUT2D eigenvalue weighted by molar-refractivity contribution is 5.91. The highest BCUT2D eigenvalue weighted by atomic mass is 19.4. The summed E-state index contributed by atoms with van der Waals surface area (Å²) in [7, 11) is 0. The molecule has 0 saturated heterocycles. The SMILES string of the molecule is CC(C)(C)OC(=O)N1CCC(C(F)(F)F)n2nc(C(=O)O)cc21. The third-order valence-electron chi connectivity index (χ3n) is 3.12. The largest absolute Gasteiger partial charge is 0.476 e. The summed E-state index contributed by atoms with van der Waals surface area (Å²) >= 11 is 0. The highest BCUT2D eigenvalue weighted by Crippen LogP contribution is 2.39. The normalized spacial score (nSPS) is 18.5. The van der Waals surface area contributed by atoms with Crippen LogP contribution in [0.25, 0.3) is 0 Å². The molecule has 0 radical (unpaired) electrons. The molecule has 1 N–H and O–H groups in total. The summed E-state index contributed by atoms with van der Waals surface area (Å²) < 4.78 is 44.9. The predicted molar refractivity (Wildman–Crippen MR) is 72.5 cm³/mol. The van der Waals surface area contributed by atoms with Crippen LogP contribution in [0.15, 0.2) is 6.07 Å². The minimum absolute atomic E-state index is 0.245. The molecular weight excluding hydrogens is 319 g/mol. The Labute approximate surface area is 129 Å². The number of rotatable bonds is 1. The van der Waals surface area contributed by atoms with Gasteiger partial charge >= 0.3 is 18.2 Å². The van der Waals surface area contributed by atoms with E-state index < -0.39 is 42.0 Å². The van der Waals surface area contributed by atoms with Crippen LogP contribution < -0.4 is 4.90 Å². The number of ether oxygens (including phenoxy) is 1. The fourth-order valence-corrected chi connectivity index (χ4v) is 2.21. The lowest BCUT2D eigenvalue weighted by molar-refractivity contribution is -0.172. The molecular formula is C13H16F3N3O4. The number of fused-ring (bicyclic) bond motifs is 1. The van der Waals surface area contributed by atoms with Crippen molar-refractivity contribution in [1.82, 2.24) is 9.78 Å². The van der Waals surface area contributed by atoms with Gasteiger partial charge in [0.05, 0.1) is 0 Å². The molecule has 0 saturated carbocycles. The Morgan fingerprint density at radius 3 is 2.43 bits per heavy atom. The third-order valence-corrected chi connectivity index (χ3v) is 3.12. The molecule has 2 rings (SSSR count). The molecule has 1 atom stereocenters. The Hall–Kier alpha value is -2.26. The van der Waals surface area contributed by atoms with E-state index in [-0.39, 0.29) is 12.4 Å². The number of aromatic carboxylic acids is 1. The topological polar surface area (TPSA) is 84.7 Å². The van der Waals surface area contributed by atoms with Gasteiger partial charge in [0.15, 0.2) is 11.7 Å². The van der Waals surface area contributed by atoms with Crippen LogP contribution in [0, 0.1) is 0 Å². The second kappa shape index (κ2) is 5.43. The van der Waals surface area contributed by atoms with Crippen molar-refractivity contribution in [2.75, 3.05) is 11.4 Å². The lowest BCUT2D eigenvalue weighted by Crippen LogP contribution is -2.45. The van der Waals surface area contributed by atoms with Crippen molar-refractivity contribution in [1.29, 1.82) is 0 Å². The van der Waals surface area contributed by atoms with Crippen molar-refractivity contribution in [3.63, 3.8) is 0 Å². The van der Waals surface area contributed by atoms with Gasteiger partial charge in [0, 0.05) is 12.6 Å². The van der Waals surface area contributed by atoms with Gasteiger partial charge in [-0.2, -0.15) is 18.3 Å². The fourth-order valence-electron chi connectivity index (χ4n) is 2.21. The molecule has 23 heavy (non-hydrogen) atoms. The Morgan fingerprint density at radius 2 is 1.96 bits per heavy atom. The zero-order valence-electron chi connectivity index (χ0n) is 12.7. The van der Waals surface area contributed by atoms with E-state index in [2.05, 4.69) is 5.10 Å². The molecule has 1 aromatic heterocycles. The quantitative estimate of drug-likeness (QED) is 0.853. The first-order chi connectivity index (χ1) is 10.4. The number of carboxylic acid groups (broad SMARTS) is 1. The zero-order valence-corrected chi connectivity index (χ0v) is 12.7. The Morgan fingerprint density at radius 1 is 1.35 bits per heavy atom. The zero-order chi connectivity index (χ0) is 17.6. The van der Waals surface area contributed by atoms with Gasteiger partial charge in [-0.25, -0.2) is 14.3 Å². The number of hydrogen-bond acceptors (Lipinski definition) is 4. The minimum atomic E-state index is -4.60. The molecule has 7 nitrogen and oxygen atoms in total. The first-order valence-electron chi connectivity index (χ1n) is 6.80. The number of carbonyl (C=O) groups excluding carboxylic acids is 1. The first-order valence-corrected chi connectivity index (χ1v) is 6.80. The number of aromatic nitrogens is 2.